The molecule has 66 valence electrons. The molecule has 0 amide bonds. The number of nitrogens with zero attached hydrogens (tertiary/aromatic N) is 1. The van der Waals surface area contributed by atoms with E-state index in [0.29, 0.717) is 6.61 Å². The van der Waals surface area contributed by atoms with Crippen LogP contribution in [0.15, 0.2) is 0 Å². The molecule has 0 aromatic heterocycles. The van der Waals surface area contributed by atoms with Gasteiger partial charge in [-0.2, -0.15) is 0 Å². The van der Waals surface area contributed by atoms with Crippen LogP contribution in [0.5, 0.6) is 0 Å². The van der Waals surface area contributed by atoms with Crippen molar-refractivity contribution >= 4 is 0 Å². The fourth-order valence-corrected chi connectivity index (χ4v) is 1.65. The Morgan fingerprint density at radius 2 is 1.64 bits per heavy atom. The van der Waals surface area contributed by atoms with E-state index in [4.69, 9.17) is 5.11 Å². The number of hydrogen-bond donors (Lipinski definition) is 1. The Labute approximate surface area is 69.2 Å². The molecule has 0 saturated carbocycles. The number of aliphatic hydroxyl groups is 1. The van der Waals surface area contributed by atoms with Gasteiger partial charge in [0.05, 0.1) is 0 Å². The minimum atomic E-state index is 0.344. The zero-order valence-electron chi connectivity index (χ0n) is 7.26. The maximum atomic E-state index is 8.64. The van der Waals surface area contributed by atoms with Crippen LogP contribution in [0.2, 0.25) is 0 Å². The first-order valence-electron chi connectivity index (χ1n) is 4.76. The summed E-state index contributed by atoms with van der Waals surface area (Å²) in [4.78, 5) is 2.48. The van der Waals surface area contributed by atoms with Crippen LogP contribution < -0.4 is 0 Å². The highest BCUT2D eigenvalue weighted by molar-refractivity contribution is 4.62. The van der Waals surface area contributed by atoms with Crippen LogP contribution in [0, 0.1) is 0 Å². The molecule has 1 aliphatic rings. The van der Waals surface area contributed by atoms with E-state index < -0.39 is 0 Å². The van der Waals surface area contributed by atoms with Crippen LogP contribution in [0.3, 0.4) is 0 Å². The topological polar surface area (TPSA) is 23.5 Å². The van der Waals surface area contributed by atoms with Crippen molar-refractivity contribution in [1.82, 2.24) is 4.90 Å². The standard InChI is InChI=1S/C9H19NO/c11-9-5-8-10-6-3-1-2-4-7-10/h11H,1-9H2. The summed E-state index contributed by atoms with van der Waals surface area (Å²) in [5.74, 6) is 0. The summed E-state index contributed by atoms with van der Waals surface area (Å²) < 4.78 is 0. The summed E-state index contributed by atoms with van der Waals surface area (Å²) in [5.41, 5.74) is 0. The highest BCUT2D eigenvalue weighted by atomic mass is 16.3. The van der Waals surface area contributed by atoms with Crippen molar-refractivity contribution < 1.29 is 5.11 Å². The third-order valence-electron chi connectivity index (χ3n) is 2.33. The molecule has 0 bridgehead atoms. The highest BCUT2D eigenvalue weighted by Crippen LogP contribution is 2.09. The van der Waals surface area contributed by atoms with Gasteiger partial charge >= 0.3 is 0 Å². The first-order chi connectivity index (χ1) is 5.43. The lowest BCUT2D eigenvalue weighted by Gasteiger charge is -2.18. The highest BCUT2D eigenvalue weighted by Gasteiger charge is 2.06. The predicted molar refractivity (Wildman–Crippen MR) is 46.6 cm³/mol. The van der Waals surface area contributed by atoms with E-state index in [-0.39, 0.29) is 0 Å². The second-order valence-electron chi connectivity index (χ2n) is 3.33. The van der Waals surface area contributed by atoms with E-state index >= 15 is 0 Å². The van der Waals surface area contributed by atoms with E-state index in [1.54, 1.807) is 0 Å². The summed E-state index contributed by atoms with van der Waals surface area (Å²) in [6.07, 6.45) is 6.45. The molecule has 0 atom stereocenters. The average Bonchev–Trinajstić information content (AvgIpc) is 2.28. The SMILES string of the molecule is OCCCN1CCCCCC1. The van der Waals surface area contributed by atoms with Gasteiger partial charge in [-0.1, -0.05) is 12.8 Å². The molecule has 1 saturated heterocycles. The molecule has 0 unspecified atom stereocenters. The molecule has 0 aromatic carbocycles. The second kappa shape index (κ2) is 5.56. The van der Waals surface area contributed by atoms with Crippen molar-refractivity contribution in [2.75, 3.05) is 26.2 Å². The van der Waals surface area contributed by atoms with E-state index in [1.165, 1.54) is 38.8 Å². The lowest BCUT2D eigenvalue weighted by molar-refractivity contribution is 0.229. The molecule has 2 nitrogen and oxygen atoms in total. The van der Waals surface area contributed by atoms with Crippen molar-refractivity contribution in [2.24, 2.45) is 0 Å². The Balaban J connectivity index is 2.09. The van der Waals surface area contributed by atoms with E-state index in [2.05, 4.69) is 4.90 Å². The zero-order chi connectivity index (χ0) is 7.94. The summed E-state index contributed by atoms with van der Waals surface area (Å²) in [6.45, 7) is 3.94. The third-order valence-corrected chi connectivity index (χ3v) is 2.33. The molecule has 1 aliphatic heterocycles. The van der Waals surface area contributed by atoms with Crippen LogP contribution in [0.25, 0.3) is 0 Å². The van der Waals surface area contributed by atoms with Gasteiger partial charge < -0.3 is 10.0 Å². The molecule has 0 aromatic rings. The fourth-order valence-electron chi connectivity index (χ4n) is 1.65. The van der Waals surface area contributed by atoms with Gasteiger partial charge in [-0.05, 0) is 32.4 Å². The smallest absolute Gasteiger partial charge is 0.0443 e. The van der Waals surface area contributed by atoms with E-state index in [1.807, 2.05) is 0 Å². The number of rotatable bonds is 3. The van der Waals surface area contributed by atoms with Gasteiger partial charge in [-0.3, -0.25) is 0 Å². The molecule has 1 rings (SSSR count). The number of aliphatic hydroxyl groups excluding tert-OH is 1. The first kappa shape index (κ1) is 9.01. The van der Waals surface area contributed by atoms with Crippen LogP contribution in [-0.4, -0.2) is 36.2 Å². The maximum absolute atomic E-state index is 8.64. The molecule has 1 fully saturated rings. The Morgan fingerprint density at radius 1 is 1.00 bits per heavy atom. The molecule has 0 spiro atoms. The minimum absolute atomic E-state index is 0.344. The first-order valence-corrected chi connectivity index (χ1v) is 4.76. The number of hydrogen-bond acceptors (Lipinski definition) is 2. The van der Waals surface area contributed by atoms with Gasteiger partial charge in [0, 0.05) is 13.2 Å². The largest absolute Gasteiger partial charge is 0.396 e. The quantitative estimate of drug-likeness (QED) is 0.666. The molecule has 1 N–H and O–H groups in total. The van der Waals surface area contributed by atoms with Gasteiger partial charge in [0.25, 0.3) is 0 Å². The molecule has 2 heteroatoms. The van der Waals surface area contributed by atoms with Gasteiger partial charge in [0.2, 0.25) is 0 Å². The number of likely N-dealkylation sites (tertiary alicyclic amines) is 1. The molecule has 1 heterocycles. The van der Waals surface area contributed by atoms with Crippen LogP contribution in [-0.2, 0) is 0 Å². The van der Waals surface area contributed by atoms with Crippen molar-refractivity contribution in [1.29, 1.82) is 0 Å². The monoisotopic (exact) mass is 157 g/mol. The lowest BCUT2D eigenvalue weighted by Crippen LogP contribution is -2.26. The summed E-state index contributed by atoms with van der Waals surface area (Å²) >= 11 is 0. The molecular formula is C9H19NO. The van der Waals surface area contributed by atoms with Crippen LogP contribution >= 0.6 is 0 Å². The van der Waals surface area contributed by atoms with Gasteiger partial charge in [0.1, 0.15) is 0 Å². The Bertz CT molecular complexity index is 87.6. The summed E-state index contributed by atoms with van der Waals surface area (Å²) in [6, 6.07) is 0. The average molecular weight is 157 g/mol. The summed E-state index contributed by atoms with van der Waals surface area (Å²) in [5, 5.41) is 8.64. The van der Waals surface area contributed by atoms with Crippen LogP contribution in [0.1, 0.15) is 32.1 Å². The van der Waals surface area contributed by atoms with Gasteiger partial charge in [-0.25, -0.2) is 0 Å². The molecular weight excluding hydrogens is 138 g/mol. The Hall–Kier alpha value is -0.0800. The third kappa shape index (κ3) is 3.73. The van der Waals surface area contributed by atoms with E-state index in [0.717, 1.165) is 13.0 Å². The van der Waals surface area contributed by atoms with Crippen LogP contribution in [0.4, 0.5) is 0 Å². The minimum Gasteiger partial charge on any atom is -0.396 e. The second-order valence-corrected chi connectivity index (χ2v) is 3.33. The molecule has 11 heavy (non-hydrogen) atoms. The van der Waals surface area contributed by atoms with Gasteiger partial charge in [0.15, 0.2) is 0 Å². The fraction of sp³-hybridized carbons (Fsp3) is 1.00. The van der Waals surface area contributed by atoms with E-state index in [9.17, 15) is 0 Å². The zero-order valence-corrected chi connectivity index (χ0v) is 7.26. The lowest BCUT2D eigenvalue weighted by atomic mass is 10.2. The maximum Gasteiger partial charge on any atom is 0.0443 e. The van der Waals surface area contributed by atoms with Crippen molar-refractivity contribution in [3.63, 3.8) is 0 Å². The summed E-state index contributed by atoms with van der Waals surface area (Å²) in [7, 11) is 0. The Morgan fingerprint density at radius 3 is 2.18 bits per heavy atom. The van der Waals surface area contributed by atoms with Crippen molar-refractivity contribution in [2.45, 2.75) is 32.1 Å². The van der Waals surface area contributed by atoms with Crippen molar-refractivity contribution in [3.05, 3.63) is 0 Å². The predicted octanol–water partition coefficient (Wildman–Crippen LogP) is 1.24. The molecule has 0 radical (unpaired) electrons. The molecule has 0 aliphatic carbocycles. The Kier molecular flexibility index (Phi) is 4.55. The normalized spacial score (nSPS) is 21.5. The van der Waals surface area contributed by atoms with Crippen molar-refractivity contribution in [3.8, 4) is 0 Å². The van der Waals surface area contributed by atoms with Gasteiger partial charge in [-0.15, -0.1) is 0 Å².